The summed E-state index contributed by atoms with van der Waals surface area (Å²) in [6.45, 7) is 1.31. The number of carbonyl (C=O) groups excluding carboxylic acids is 1. The van der Waals surface area contributed by atoms with E-state index in [4.69, 9.17) is 9.47 Å². The zero-order chi connectivity index (χ0) is 20.7. The number of rotatable bonds is 7. The molecule has 0 aromatic heterocycles. The standard InChI is InChI=1S/C21H24BrNO5S/c22-18-8-10-19(11-9-18)27-14-15-28-21(24)17-6-5-7-20(16-17)29(25,26)23-12-3-1-2-4-13-23/h5-11,16H,1-4,12-15H2. The lowest BCUT2D eigenvalue weighted by atomic mass is 10.2. The third kappa shape index (κ3) is 6.04. The van der Waals surface area contributed by atoms with Crippen molar-refractivity contribution in [2.75, 3.05) is 26.3 Å². The van der Waals surface area contributed by atoms with Crippen molar-refractivity contribution in [2.45, 2.75) is 30.6 Å². The Morgan fingerprint density at radius 2 is 1.66 bits per heavy atom. The second-order valence-corrected chi connectivity index (χ2v) is 9.64. The Morgan fingerprint density at radius 1 is 0.966 bits per heavy atom. The molecule has 0 spiro atoms. The number of hydrogen-bond acceptors (Lipinski definition) is 5. The third-order valence-corrected chi connectivity index (χ3v) is 7.09. The van der Waals surface area contributed by atoms with Crippen LogP contribution in [0.5, 0.6) is 5.75 Å². The zero-order valence-corrected chi connectivity index (χ0v) is 18.5. The minimum absolute atomic E-state index is 0.0675. The maximum absolute atomic E-state index is 12.9. The first-order valence-corrected chi connectivity index (χ1v) is 11.9. The maximum atomic E-state index is 12.9. The van der Waals surface area contributed by atoms with Gasteiger partial charge in [0.1, 0.15) is 19.0 Å². The first-order chi connectivity index (χ1) is 14.0. The van der Waals surface area contributed by atoms with E-state index in [0.717, 1.165) is 30.2 Å². The molecule has 156 valence electrons. The van der Waals surface area contributed by atoms with E-state index >= 15 is 0 Å². The first-order valence-electron chi connectivity index (χ1n) is 9.62. The number of halogens is 1. The van der Waals surface area contributed by atoms with Crippen molar-refractivity contribution in [1.82, 2.24) is 4.31 Å². The van der Waals surface area contributed by atoms with Gasteiger partial charge in [-0.25, -0.2) is 13.2 Å². The molecule has 1 aliphatic heterocycles. The van der Waals surface area contributed by atoms with Crippen LogP contribution < -0.4 is 4.74 Å². The highest BCUT2D eigenvalue weighted by Crippen LogP contribution is 2.21. The van der Waals surface area contributed by atoms with Crippen molar-refractivity contribution in [1.29, 1.82) is 0 Å². The van der Waals surface area contributed by atoms with Crippen molar-refractivity contribution in [3.05, 3.63) is 58.6 Å². The number of benzene rings is 2. The van der Waals surface area contributed by atoms with E-state index in [1.165, 1.54) is 16.4 Å². The molecule has 2 aromatic rings. The second-order valence-electron chi connectivity index (χ2n) is 6.78. The van der Waals surface area contributed by atoms with Gasteiger partial charge in [-0.3, -0.25) is 0 Å². The normalized spacial score (nSPS) is 15.5. The molecule has 0 saturated carbocycles. The topological polar surface area (TPSA) is 72.9 Å². The van der Waals surface area contributed by atoms with Crippen LogP contribution in [-0.2, 0) is 14.8 Å². The van der Waals surface area contributed by atoms with Gasteiger partial charge in [0.25, 0.3) is 0 Å². The second kappa shape index (κ2) is 10.2. The average molecular weight is 482 g/mol. The lowest BCUT2D eigenvalue weighted by molar-refractivity contribution is 0.0450. The minimum Gasteiger partial charge on any atom is -0.490 e. The Morgan fingerprint density at radius 3 is 2.34 bits per heavy atom. The SMILES string of the molecule is O=C(OCCOc1ccc(Br)cc1)c1cccc(S(=O)(=O)N2CCCCCC2)c1. The molecule has 0 radical (unpaired) electrons. The summed E-state index contributed by atoms with van der Waals surface area (Å²) in [6, 6.07) is 13.4. The van der Waals surface area contributed by atoms with E-state index in [1.807, 2.05) is 24.3 Å². The zero-order valence-electron chi connectivity index (χ0n) is 16.1. The number of nitrogens with zero attached hydrogens (tertiary/aromatic N) is 1. The average Bonchev–Trinajstić information content (AvgIpc) is 3.02. The summed E-state index contributed by atoms with van der Waals surface area (Å²) in [5.41, 5.74) is 0.213. The van der Waals surface area contributed by atoms with Gasteiger partial charge in [-0.15, -0.1) is 0 Å². The first kappa shape index (κ1) is 21.8. The van der Waals surface area contributed by atoms with Crippen molar-refractivity contribution < 1.29 is 22.7 Å². The molecule has 1 heterocycles. The Bertz CT molecular complexity index is 922. The van der Waals surface area contributed by atoms with Crippen LogP contribution in [0.3, 0.4) is 0 Å². The molecule has 2 aromatic carbocycles. The summed E-state index contributed by atoms with van der Waals surface area (Å²) in [5.74, 6) is 0.104. The summed E-state index contributed by atoms with van der Waals surface area (Å²) in [5, 5.41) is 0. The smallest absolute Gasteiger partial charge is 0.338 e. The Hall–Kier alpha value is -1.90. The van der Waals surface area contributed by atoms with Gasteiger partial charge in [0.15, 0.2) is 0 Å². The number of sulfonamides is 1. The molecule has 29 heavy (non-hydrogen) atoms. The number of carbonyl (C=O) groups is 1. The third-order valence-electron chi connectivity index (χ3n) is 4.67. The molecule has 0 unspecified atom stereocenters. The van der Waals surface area contributed by atoms with Crippen LogP contribution in [0.25, 0.3) is 0 Å². The molecular weight excluding hydrogens is 458 g/mol. The van der Waals surface area contributed by atoms with Crippen molar-refractivity contribution in [2.24, 2.45) is 0 Å². The lowest BCUT2D eigenvalue weighted by Gasteiger charge is -2.20. The van der Waals surface area contributed by atoms with Gasteiger partial charge in [0.05, 0.1) is 10.5 Å². The molecule has 0 aliphatic carbocycles. The fourth-order valence-corrected chi connectivity index (χ4v) is 4.95. The van der Waals surface area contributed by atoms with Gasteiger partial charge < -0.3 is 9.47 Å². The van der Waals surface area contributed by atoms with Crippen molar-refractivity contribution >= 4 is 31.9 Å². The van der Waals surface area contributed by atoms with Crippen LogP contribution in [0.15, 0.2) is 57.9 Å². The molecule has 1 aliphatic rings. The van der Waals surface area contributed by atoms with Crippen molar-refractivity contribution in [3.63, 3.8) is 0 Å². The summed E-state index contributed by atoms with van der Waals surface area (Å²) in [6.07, 6.45) is 3.81. The quantitative estimate of drug-likeness (QED) is 0.436. The molecule has 1 fully saturated rings. The molecule has 0 amide bonds. The largest absolute Gasteiger partial charge is 0.490 e. The van der Waals surface area contributed by atoms with Crippen LogP contribution in [0.1, 0.15) is 36.0 Å². The molecule has 0 bridgehead atoms. The molecule has 6 nitrogen and oxygen atoms in total. The van der Waals surface area contributed by atoms with E-state index in [2.05, 4.69) is 15.9 Å². The van der Waals surface area contributed by atoms with Crippen LogP contribution in [-0.4, -0.2) is 45.0 Å². The van der Waals surface area contributed by atoms with E-state index < -0.39 is 16.0 Å². The molecule has 0 atom stereocenters. The van der Waals surface area contributed by atoms with E-state index in [9.17, 15) is 13.2 Å². The minimum atomic E-state index is -3.61. The molecule has 3 rings (SSSR count). The van der Waals surface area contributed by atoms with Gasteiger partial charge >= 0.3 is 5.97 Å². The fourth-order valence-electron chi connectivity index (χ4n) is 3.12. The van der Waals surface area contributed by atoms with Gasteiger partial charge in [-0.1, -0.05) is 34.8 Å². The highest BCUT2D eigenvalue weighted by Gasteiger charge is 2.26. The fraction of sp³-hybridized carbons (Fsp3) is 0.381. The molecule has 1 saturated heterocycles. The monoisotopic (exact) mass is 481 g/mol. The highest BCUT2D eigenvalue weighted by atomic mass is 79.9. The summed E-state index contributed by atoms with van der Waals surface area (Å²) >= 11 is 3.35. The van der Waals surface area contributed by atoms with Gasteiger partial charge in [0, 0.05) is 17.6 Å². The Balaban J connectivity index is 1.57. The van der Waals surface area contributed by atoms with Gasteiger partial charge in [0.2, 0.25) is 10.0 Å². The predicted molar refractivity (Wildman–Crippen MR) is 114 cm³/mol. The Kier molecular flexibility index (Phi) is 7.69. The molecular formula is C21H24BrNO5S. The van der Waals surface area contributed by atoms with E-state index in [-0.39, 0.29) is 23.7 Å². The number of esters is 1. The highest BCUT2D eigenvalue weighted by molar-refractivity contribution is 9.10. The maximum Gasteiger partial charge on any atom is 0.338 e. The number of hydrogen-bond donors (Lipinski definition) is 0. The van der Waals surface area contributed by atoms with E-state index in [0.29, 0.717) is 18.8 Å². The summed E-state index contributed by atoms with van der Waals surface area (Å²) in [4.78, 5) is 12.4. The predicted octanol–water partition coefficient (Wildman–Crippen LogP) is 4.25. The number of ether oxygens (including phenoxy) is 2. The van der Waals surface area contributed by atoms with Crippen molar-refractivity contribution in [3.8, 4) is 5.75 Å². The van der Waals surface area contributed by atoms with Crippen LogP contribution in [0.2, 0.25) is 0 Å². The molecule has 8 heteroatoms. The van der Waals surface area contributed by atoms with E-state index in [1.54, 1.807) is 12.1 Å². The van der Waals surface area contributed by atoms with Crippen LogP contribution in [0, 0.1) is 0 Å². The summed E-state index contributed by atoms with van der Waals surface area (Å²) in [7, 11) is -3.61. The van der Waals surface area contributed by atoms with Gasteiger partial charge in [-0.2, -0.15) is 4.31 Å². The Labute approximate surface area is 180 Å². The van der Waals surface area contributed by atoms with Crippen LogP contribution >= 0.6 is 15.9 Å². The molecule has 0 N–H and O–H groups in total. The van der Waals surface area contributed by atoms with Gasteiger partial charge in [-0.05, 0) is 55.3 Å². The van der Waals surface area contributed by atoms with Crippen LogP contribution in [0.4, 0.5) is 0 Å². The summed E-state index contributed by atoms with van der Waals surface area (Å²) < 4.78 is 39.0. The lowest BCUT2D eigenvalue weighted by Crippen LogP contribution is -2.32.